The second-order valence-electron chi connectivity index (χ2n) is 6.60. The first-order valence-electron chi connectivity index (χ1n) is 7.53. The molecule has 0 aliphatic heterocycles. The van der Waals surface area contributed by atoms with E-state index < -0.39 is 0 Å². The van der Waals surface area contributed by atoms with E-state index in [1.165, 1.54) is 11.1 Å². The number of hydrogen-bond donors (Lipinski definition) is 0. The van der Waals surface area contributed by atoms with E-state index in [2.05, 4.69) is 63.7 Å². The third-order valence-electron chi connectivity index (χ3n) is 3.50. The lowest BCUT2D eigenvalue weighted by Crippen LogP contribution is -2.33. The highest BCUT2D eigenvalue weighted by Crippen LogP contribution is 2.25. The molecule has 22 heavy (non-hydrogen) atoms. The lowest BCUT2D eigenvalue weighted by molar-refractivity contribution is -0.883. The van der Waals surface area contributed by atoms with Crippen molar-refractivity contribution in [1.29, 1.82) is 0 Å². The van der Waals surface area contributed by atoms with Crippen LogP contribution in [0.15, 0.2) is 66.9 Å². The fraction of sp³-hybridized carbons (Fsp3) is 0.211. The Morgan fingerprint density at radius 3 is 2.05 bits per heavy atom. The fourth-order valence-corrected chi connectivity index (χ4v) is 2.59. The van der Waals surface area contributed by atoms with Crippen molar-refractivity contribution in [2.24, 2.45) is 0 Å². The van der Waals surface area contributed by atoms with Crippen LogP contribution in [0, 0.1) is 0 Å². The van der Waals surface area contributed by atoms with Gasteiger partial charge in [0.05, 0.1) is 32.4 Å². The maximum atomic E-state index is 4.84. The Morgan fingerprint density at radius 2 is 1.45 bits per heavy atom. The zero-order chi connectivity index (χ0) is 15.6. The van der Waals surface area contributed by atoms with Crippen molar-refractivity contribution < 1.29 is 4.48 Å². The highest BCUT2D eigenvalue weighted by Gasteiger charge is 2.18. The summed E-state index contributed by atoms with van der Waals surface area (Å²) in [6, 6.07) is 20.7. The molecule has 0 atom stereocenters. The van der Waals surface area contributed by atoms with Gasteiger partial charge in [0, 0.05) is 11.8 Å². The number of rotatable bonds is 4. The predicted octanol–water partition coefficient (Wildman–Crippen LogP) is 3.75. The summed E-state index contributed by atoms with van der Waals surface area (Å²) in [6.07, 6.45) is 2.15. The van der Waals surface area contributed by atoms with Crippen molar-refractivity contribution in [1.82, 2.24) is 9.78 Å². The smallest absolute Gasteiger partial charge is 0.107 e. The zero-order valence-electron chi connectivity index (χ0n) is 13.4. The maximum Gasteiger partial charge on any atom is 0.107 e. The molecule has 0 amide bonds. The number of aromatic nitrogens is 2. The van der Waals surface area contributed by atoms with Gasteiger partial charge in [-0.1, -0.05) is 48.5 Å². The lowest BCUT2D eigenvalue weighted by atomic mass is 10.1. The van der Waals surface area contributed by atoms with Crippen molar-refractivity contribution >= 4 is 0 Å². The largest absolute Gasteiger partial charge is 0.327 e. The Bertz CT molecular complexity index is 737. The molecule has 0 unspecified atom stereocenters. The van der Waals surface area contributed by atoms with Gasteiger partial charge in [-0.25, -0.2) is 4.68 Å². The first kappa shape index (κ1) is 14.5. The van der Waals surface area contributed by atoms with E-state index in [1.807, 2.05) is 28.9 Å². The van der Waals surface area contributed by atoms with E-state index >= 15 is 0 Å². The topological polar surface area (TPSA) is 17.8 Å². The monoisotopic (exact) mass is 292 g/mol. The highest BCUT2D eigenvalue weighted by atomic mass is 15.3. The molecule has 1 heterocycles. The minimum atomic E-state index is 0.875. The van der Waals surface area contributed by atoms with Gasteiger partial charge in [0.1, 0.15) is 12.2 Å². The third-order valence-corrected chi connectivity index (χ3v) is 3.50. The van der Waals surface area contributed by atoms with Gasteiger partial charge in [-0.15, -0.1) is 0 Å². The average molecular weight is 292 g/mol. The highest BCUT2D eigenvalue weighted by molar-refractivity contribution is 5.63. The van der Waals surface area contributed by atoms with Crippen LogP contribution in [0.3, 0.4) is 0 Å². The van der Waals surface area contributed by atoms with Gasteiger partial charge in [-0.3, -0.25) is 0 Å². The molecule has 0 bridgehead atoms. The molecular weight excluding hydrogens is 270 g/mol. The predicted molar refractivity (Wildman–Crippen MR) is 90.7 cm³/mol. The Balaban J connectivity index is 2.09. The summed E-state index contributed by atoms with van der Waals surface area (Å²) in [5.74, 6) is 0. The van der Waals surface area contributed by atoms with E-state index in [9.17, 15) is 0 Å². The van der Waals surface area contributed by atoms with Crippen LogP contribution in [0.4, 0.5) is 0 Å². The van der Waals surface area contributed by atoms with E-state index in [1.54, 1.807) is 0 Å². The fourth-order valence-electron chi connectivity index (χ4n) is 2.59. The van der Waals surface area contributed by atoms with E-state index in [4.69, 9.17) is 5.10 Å². The van der Waals surface area contributed by atoms with Gasteiger partial charge >= 0.3 is 0 Å². The SMILES string of the molecule is C[N+](C)(C)Cc1cn(-c2ccccc2)nc1-c1ccccc1. The summed E-state index contributed by atoms with van der Waals surface area (Å²) in [5.41, 5.74) is 4.59. The maximum absolute atomic E-state index is 4.84. The molecule has 0 N–H and O–H groups in total. The van der Waals surface area contributed by atoms with Crippen molar-refractivity contribution in [3.63, 3.8) is 0 Å². The number of quaternary nitrogens is 1. The average Bonchev–Trinajstić information content (AvgIpc) is 2.91. The van der Waals surface area contributed by atoms with E-state index in [0.29, 0.717) is 0 Å². The quantitative estimate of drug-likeness (QED) is 0.670. The summed E-state index contributed by atoms with van der Waals surface area (Å²) in [4.78, 5) is 0. The minimum Gasteiger partial charge on any atom is -0.327 e. The normalized spacial score (nSPS) is 11.6. The van der Waals surface area contributed by atoms with Crippen molar-refractivity contribution in [3.8, 4) is 16.9 Å². The van der Waals surface area contributed by atoms with Gasteiger partial charge in [0.15, 0.2) is 0 Å². The summed E-state index contributed by atoms with van der Waals surface area (Å²) in [6.45, 7) is 0.942. The van der Waals surface area contributed by atoms with Crippen LogP contribution >= 0.6 is 0 Å². The summed E-state index contributed by atoms with van der Waals surface area (Å²) < 4.78 is 2.85. The molecule has 1 aromatic heterocycles. The molecule has 0 spiro atoms. The summed E-state index contributed by atoms with van der Waals surface area (Å²) >= 11 is 0. The summed E-state index contributed by atoms with van der Waals surface area (Å²) in [5, 5.41) is 4.84. The van der Waals surface area contributed by atoms with Crippen LogP contribution in [0.5, 0.6) is 0 Å². The Kier molecular flexibility index (Phi) is 3.82. The van der Waals surface area contributed by atoms with Gasteiger partial charge < -0.3 is 4.48 Å². The van der Waals surface area contributed by atoms with Gasteiger partial charge in [-0.05, 0) is 12.1 Å². The third kappa shape index (κ3) is 3.26. The standard InChI is InChI=1S/C19H22N3/c1-22(2,3)15-17-14-21(18-12-8-5-9-13-18)20-19(17)16-10-6-4-7-11-16/h4-14H,15H2,1-3H3/q+1. The molecular formula is C19H22N3+. The van der Waals surface area contributed by atoms with Gasteiger partial charge in [0.2, 0.25) is 0 Å². The van der Waals surface area contributed by atoms with Gasteiger partial charge in [-0.2, -0.15) is 5.10 Å². The van der Waals surface area contributed by atoms with Crippen LogP contribution in [-0.4, -0.2) is 35.4 Å². The molecule has 112 valence electrons. The molecule has 3 nitrogen and oxygen atoms in total. The van der Waals surface area contributed by atoms with E-state index in [0.717, 1.165) is 22.4 Å². The van der Waals surface area contributed by atoms with Crippen LogP contribution < -0.4 is 0 Å². The molecule has 3 rings (SSSR count). The number of para-hydroxylation sites is 1. The molecule has 0 aliphatic carbocycles. The lowest BCUT2D eigenvalue weighted by Gasteiger charge is -2.23. The number of nitrogens with zero attached hydrogens (tertiary/aromatic N) is 3. The molecule has 0 saturated heterocycles. The molecule has 3 heteroatoms. The van der Waals surface area contributed by atoms with Crippen molar-refractivity contribution in [2.45, 2.75) is 6.54 Å². The molecule has 0 fully saturated rings. The molecule has 2 aromatic carbocycles. The number of benzene rings is 2. The first-order valence-corrected chi connectivity index (χ1v) is 7.53. The molecule has 0 saturated carbocycles. The first-order chi connectivity index (χ1) is 10.5. The summed E-state index contributed by atoms with van der Waals surface area (Å²) in [7, 11) is 6.61. The molecule has 3 aromatic rings. The van der Waals surface area contributed by atoms with Crippen LogP contribution in [0.2, 0.25) is 0 Å². The second-order valence-corrected chi connectivity index (χ2v) is 6.60. The molecule has 0 radical (unpaired) electrons. The van der Waals surface area contributed by atoms with Crippen LogP contribution in [0.25, 0.3) is 16.9 Å². The van der Waals surface area contributed by atoms with Crippen LogP contribution in [0.1, 0.15) is 5.56 Å². The Morgan fingerprint density at radius 1 is 0.864 bits per heavy atom. The van der Waals surface area contributed by atoms with Gasteiger partial charge in [0.25, 0.3) is 0 Å². The second kappa shape index (κ2) is 5.78. The van der Waals surface area contributed by atoms with Crippen molar-refractivity contribution in [3.05, 3.63) is 72.4 Å². The number of hydrogen-bond acceptors (Lipinski definition) is 1. The molecule has 0 aliphatic rings. The Hall–Kier alpha value is -2.39. The minimum absolute atomic E-state index is 0.875. The Labute approximate surface area is 132 Å². The van der Waals surface area contributed by atoms with E-state index in [-0.39, 0.29) is 0 Å². The van der Waals surface area contributed by atoms with Crippen LogP contribution in [-0.2, 0) is 6.54 Å². The zero-order valence-corrected chi connectivity index (χ0v) is 13.4. The van der Waals surface area contributed by atoms with Crippen molar-refractivity contribution in [2.75, 3.05) is 21.1 Å².